The molecule has 1 aliphatic rings. The molecule has 1 aliphatic heterocycles. The number of nitrogens with two attached hydrogens (primary N) is 4. The number of hydrogen-bond acceptors (Lipinski definition) is 16. The van der Waals surface area contributed by atoms with E-state index in [1.54, 1.807) is 36.4 Å². The third-order valence-electron chi connectivity index (χ3n) is 13.3. The fourth-order valence-electron chi connectivity index (χ4n) is 8.62. The Morgan fingerprint density at radius 1 is 0.700 bits per heavy atom. The summed E-state index contributed by atoms with van der Waals surface area (Å²) in [7, 11) is 3.39. The van der Waals surface area contributed by atoms with Crippen molar-refractivity contribution >= 4 is 86.2 Å². The summed E-state index contributed by atoms with van der Waals surface area (Å²) in [6.45, 7) is 1.43. The van der Waals surface area contributed by atoms with Crippen molar-refractivity contribution in [3.63, 3.8) is 0 Å². The Balaban J connectivity index is 1.60. The van der Waals surface area contributed by atoms with Gasteiger partial charge in [-0.15, -0.1) is 0 Å². The van der Waals surface area contributed by atoms with E-state index in [2.05, 4.69) is 26.6 Å². The number of carbonyl (C=O) groups excluding carboxylic acids is 9. The molecule has 8 amide bonds. The molecule has 1 fully saturated rings. The van der Waals surface area contributed by atoms with Gasteiger partial charge in [0.05, 0.1) is 18.2 Å². The van der Waals surface area contributed by atoms with E-state index in [0.29, 0.717) is 33.7 Å². The number of primary amides is 2. The summed E-state index contributed by atoms with van der Waals surface area (Å²) in [6, 6.07) is 14.3. The van der Waals surface area contributed by atoms with Gasteiger partial charge < -0.3 is 69.7 Å². The van der Waals surface area contributed by atoms with Crippen LogP contribution >= 0.6 is 33.2 Å². The minimum absolute atomic E-state index is 0.0414. The fourth-order valence-corrected chi connectivity index (χ4v) is 11.2. The van der Waals surface area contributed by atoms with Gasteiger partial charge in [0.1, 0.15) is 41.7 Å². The second kappa shape index (κ2) is 31.0. The zero-order valence-electron chi connectivity index (χ0n) is 44.2. The number of halogens is 1. The molecule has 0 saturated carbocycles. The fraction of sp³-hybridized carbons (Fsp3) is 0.400. The molecule has 4 aromatic rings. The van der Waals surface area contributed by atoms with Crippen molar-refractivity contribution in [3.8, 4) is 11.5 Å². The maximum Gasteiger partial charge on any atom is 0.248 e. The predicted octanol–water partition coefficient (Wildman–Crippen LogP) is 0.665. The summed E-state index contributed by atoms with van der Waals surface area (Å²) in [5.41, 5.74) is 25.8. The quantitative estimate of drug-likeness (QED) is 0.0453. The first-order valence-electron chi connectivity index (χ1n) is 25.7. The molecule has 16 N–H and O–H groups in total. The normalized spacial score (nSPS) is 21.1. The molecular weight excluding hydrogens is 1090 g/mol. The molecule has 5 rings (SSSR count). The Labute approximate surface area is 476 Å². The average molecular weight is 1160 g/mol. The van der Waals surface area contributed by atoms with Crippen LogP contribution in [0.25, 0.3) is 0 Å². The zero-order chi connectivity index (χ0) is 58.6. The van der Waals surface area contributed by atoms with Crippen molar-refractivity contribution in [2.45, 2.75) is 107 Å². The monoisotopic (exact) mass is 1160 g/mol. The summed E-state index contributed by atoms with van der Waals surface area (Å²) in [5, 5.41) is 44.6. The Kier molecular flexibility index (Phi) is 24.6. The molecule has 0 unspecified atom stereocenters. The molecule has 4 aromatic carbocycles. The number of nitrogens with one attached hydrogen (secondary N) is 5. The molecule has 0 bridgehead atoms. The third kappa shape index (κ3) is 19.5. The van der Waals surface area contributed by atoms with Crippen molar-refractivity contribution < 1.29 is 58.5 Å². The summed E-state index contributed by atoms with van der Waals surface area (Å²) in [6.07, 6.45) is -1.87. The lowest BCUT2D eigenvalue weighted by Gasteiger charge is -2.31. The number of aliphatic hydroxyl groups excluding tert-OH is 1. The lowest BCUT2D eigenvalue weighted by molar-refractivity contribution is -0.139. The number of nitrogens with zero attached hydrogens (tertiary/aromatic N) is 1. The minimum Gasteiger partial charge on any atom is -0.508 e. The van der Waals surface area contributed by atoms with Crippen LogP contribution in [0.5, 0.6) is 11.5 Å². The van der Waals surface area contributed by atoms with E-state index >= 15 is 0 Å². The summed E-state index contributed by atoms with van der Waals surface area (Å²) >= 11 is 6.10. The molecule has 0 radical (unpaired) electrons. The Bertz CT molecular complexity index is 2800. The van der Waals surface area contributed by atoms with E-state index in [9.17, 15) is 58.5 Å². The smallest absolute Gasteiger partial charge is 0.248 e. The number of rotatable bonds is 19. The Morgan fingerprint density at radius 3 is 1.82 bits per heavy atom. The number of benzene rings is 4. The Hall–Kier alpha value is -7.22. The highest BCUT2D eigenvalue weighted by Crippen LogP contribution is 2.28. The van der Waals surface area contributed by atoms with Crippen molar-refractivity contribution in [3.05, 3.63) is 130 Å². The number of aromatic hydroxyl groups is 2. The lowest BCUT2D eigenvalue weighted by Crippen LogP contribution is -2.62. The molecular formula is C55H69ClN10O12S2. The molecule has 1 saturated heterocycles. The molecule has 430 valence electrons. The molecule has 0 aromatic heterocycles. The van der Waals surface area contributed by atoms with Gasteiger partial charge in [-0.2, -0.15) is 0 Å². The standard InChI is InChI=1S/C55H69ClN10O12S2/c1-30(67)47-54(77)64-44(53(76)62-42(49(60)72)25-34-12-20-39(69)21-13-34)28-79-80-29-45(66(2)55(78)40(58)24-32-8-16-37(56)17-9-32)46(70)27-36(23-31-10-18-38(68)19-11-31)50(73)63-43(26-33-6-14-35(15-7-33)48(59)71)52(75)61-41(51(74)65-47)5-3-4-22-57/h6-21,30,36,40-45,47,67-69H,3-5,22-29,57-58H2,1-2H3,(H2,59,71)(H2,60,72)(H,61,75)(H,62,76)(H,63,73)(H,64,77)(H,65,74)/t30-,36-,40+,41+,42-,43-,44+,45-,47+/m1/s1. The van der Waals surface area contributed by atoms with E-state index in [1.165, 1.54) is 79.5 Å². The molecule has 9 atom stereocenters. The van der Waals surface area contributed by atoms with Gasteiger partial charge in [0, 0.05) is 54.3 Å². The first-order valence-corrected chi connectivity index (χ1v) is 28.6. The van der Waals surface area contributed by atoms with Crippen LogP contribution in [0, 0.1) is 5.92 Å². The van der Waals surface area contributed by atoms with Crippen LogP contribution in [0.3, 0.4) is 0 Å². The van der Waals surface area contributed by atoms with Crippen LogP contribution in [0.15, 0.2) is 97.1 Å². The number of aliphatic hydroxyl groups is 1. The predicted molar refractivity (Wildman–Crippen MR) is 303 cm³/mol. The van der Waals surface area contributed by atoms with Gasteiger partial charge in [-0.25, -0.2) is 0 Å². The number of carbonyl (C=O) groups is 9. The zero-order valence-corrected chi connectivity index (χ0v) is 46.6. The highest BCUT2D eigenvalue weighted by Gasteiger charge is 2.38. The Morgan fingerprint density at radius 2 is 1.24 bits per heavy atom. The number of phenolic OH excluding ortho intramolecular Hbond substituents is 2. The van der Waals surface area contributed by atoms with Gasteiger partial charge in [0.25, 0.3) is 0 Å². The molecule has 25 heteroatoms. The van der Waals surface area contributed by atoms with Crippen LogP contribution in [0.1, 0.15) is 65.2 Å². The third-order valence-corrected chi connectivity index (χ3v) is 15.9. The van der Waals surface area contributed by atoms with Gasteiger partial charge in [-0.3, -0.25) is 43.2 Å². The number of likely N-dealkylation sites (N-methyl/N-ethyl adjacent to an activating group) is 1. The first-order chi connectivity index (χ1) is 38.0. The number of phenols is 2. The number of ketones is 1. The maximum atomic E-state index is 15.0. The largest absolute Gasteiger partial charge is 0.508 e. The molecule has 1 heterocycles. The molecule has 0 aliphatic carbocycles. The number of hydrogen-bond donors (Lipinski definition) is 12. The molecule has 80 heavy (non-hydrogen) atoms. The summed E-state index contributed by atoms with van der Waals surface area (Å²) < 4.78 is 0. The molecule has 22 nitrogen and oxygen atoms in total. The van der Waals surface area contributed by atoms with E-state index < -0.39 is 114 Å². The number of Topliss-reactive ketones (excluding diaryl/α,β-unsaturated/α-hetero) is 1. The minimum atomic E-state index is -1.75. The van der Waals surface area contributed by atoms with Crippen molar-refractivity contribution in [1.82, 2.24) is 31.5 Å². The van der Waals surface area contributed by atoms with Gasteiger partial charge >= 0.3 is 0 Å². The highest BCUT2D eigenvalue weighted by molar-refractivity contribution is 8.76. The van der Waals surface area contributed by atoms with E-state index in [4.69, 9.17) is 34.5 Å². The van der Waals surface area contributed by atoms with Gasteiger partial charge in [0.15, 0.2) is 5.78 Å². The molecule has 0 spiro atoms. The second-order valence-corrected chi connectivity index (χ2v) is 22.5. The van der Waals surface area contributed by atoms with Crippen LogP contribution in [-0.4, -0.2) is 147 Å². The second-order valence-electron chi connectivity index (χ2n) is 19.5. The van der Waals surface area contributed by atoms with Crippen molar-refractivity contribution in [1.29, 1.82) is 0 Å². The van der Waals surface area contributed by atoms with Crippen LogP contribution in [0.2, 0.25) is 5.02 Å². The first kappa shape index (κ1) is 63.6. The van der Waals surface area contributed by atoms with Crippen molar-refractivity contribution in [2.24, 2.45) is 28.9 Å². The lowest BCUT2D eigenvalue weighted by atomic mass is 9.90. The summed E-state index contributed by atoms with van der Waals surface area (Å²) in [4.78, 5) is 128. The van der Waals surface area contributed by atoms with Crippen LogP contribution < -0.4 is 49.5 Å². The van der Waals surface area contributed by atoms with E-state index in [-0.39, 0.29) is 73.6 Å². The summed E-state index contributed by atoms with van der Waals surface area (Å²) in [5.74, 6) is -9.27. The van der Waals surface area contributed by atoms with E-state index in [1.807, 2.05) is 0 Å². The topological polar surface area (TPSA) is 382 Å². The number of unbranched alkanes of at least 4 members (excludes halogenated alkanes) is 1. The maximum absolute atomic E-state index is 15.0. The van der Waals surface area contributed by atoms with Crippen molar-refractivity contribution in [2.75, 3.05) is 25.1 Å². The van der Waals surface area contributed by atoms with Gasteiger partial charge in [-0.05, 0) is 116 Å². The van der Waals surface area contributed by atoms with E-state index in [0.717, 1.165) is 21.6 Å². The average Bonchev–Trinajstić information content (AvgIpc) is 3.42. The highest BCUT2D eigenvalue weighted by atomic mass is 35.5. The van der Waals surface area contributed by atoms with Crippen LogP contribution in [0.4, 0.5) is 0 Å². The SMILES string of the molecule is C[C@@H](O)[C@@H]1NC(=O)[C@H](CCCCN)NC(=O)[C@@H](Cc2ccc(C(N)=O)cc2)NC(=O)[C@H](Cc2ccc(O)cc2)CC(=O)[C@H](N(C)C(=O)[C@@H](N)Cc2ccc(Cl)cc2)CSSC[C@@H](C(=O)N[C@H](Cc2ccc(O)cc2)C(N)=O)NC1=O. The van der Waals surface area contributed by atoms with Gasteiger partial charge in [0.2, 0.25) is 47.3 Å². The number of amides is 8. The van der Waals surface area contributed by atoms with Crippen LogP contribution in [-0.2, 0) is 64.0 Å². The van der Waals surface area contributed by atoms with Gasteiger partial charge in [-0.1, -0.05) is 81.7 Å².